The van der Waals surface area contributed by atoms with Crippen LogP contribution in [0.15, 0.2) is 30.3 Å². The van der Waals surface area contributed by atoms with E-state index in [9.17, 15) is 0 Å². The number of hydrogen-bond acceptors (Lipinski definition) is 3. The van der Waals surface area contributed by atoms with Gasteiger partial charge in [0.25, 0.3) is 0 Å². The zero-order valence-electron chi connectivity index (χ0n) is 12.8. The Kier molecular flexibility index (Phi) is 6.76. The van der Waals surface area contributed by atoms with Crippen LogP contribution in [0.4, 0.5) is 5.69 Å². The van der Waals surface area contributed by atoms with Crippen LogP contribution < -0.4 is 10.2 Å². The molecule has 0 atom stereocenters. The molecule has 1 heterocycles. The highest BCUT2D eigenvalue weighted by molar-refractivity contribution is 7.80. The van der Waals surface area contributed by atoms with E-state index in [1.807, 2.05) is 6.92 Å². The quantitative estimate of drug-likeness (QED) is 0.642. The third-order valence-corrected chi connectivity index (χ3v) is 4.04. The highest BCUT2D eigenvalue weighted by Gasteiger charge is 2.18. The van der Waals surface area contributed by atoms with Crippen LogP contribution in [0.3, 0.4) is 0 Å². The molecular formula is C16H25N3OS. The van der Waals surface area contributed by atoms with Crippen molar-refractivity contribution in [3.63, 3.8) is 0 Å². The Morgan fingerprint density at radius 3 is 2.57 bits per heavy atom. The Morgan fingerprint density at radius 2 is 1.90 bits per heavy atom. The van der Waals surface area contributed by atoms with Crippen LogP contribution in [0.25, 0.3) is 0 Å². The molecule has 0 aliphatic carbocycles. The Balaban J connectivity index is 1.67. The molecule has 1 aliphatic rings. The van der Waals surface area contributed by atoms with Gasteiger partial charge in [-0.3, -0.25) is 0 Å². The van der Waals surface area contributed by atoms with Gasteiger partial charge in [-0.15, -0.1) is 0 Å². The number of thiocarbonyl (C=S) groups is 1. The van der Waals surface area contributed by atoms with E-state index in [0.29, 0.717) is 0 Å². The summed E-state index contributed by atoms with van der Waals surface area (Å²) < 4.78 is 5.32. The van der Waals surface area contributed by atoms with E-state index in [2.05, 4.69) is 45.4 Å². The lowest BCUT2D eigenvalue weighted by atomic mass is 10.2. The molecule has 21 heavy (non-hydrogen) atoms. The molecule has 1 aromatic carbocycles. The number of benzene rings is 1. The smallest absolute Gasteiger partial charge is 0.169 e. The zero-order valence-corrected chi connectivity index (χ0v) is 13.6. The van der Waals surface area contributed by atoms with Gasteiger partial charge in [-0.2, -0.15) is 0 Å². The van der Waals surface area contributed by atoms with Crippen molar-refractivity contribution in [1.82, 2.24) is 10.2 Å². The first-order chi connectivity index (χ1) is 10.3. The second-order valence-corrected chi connectivity index (χ2v) is 5.48. The number of para-hydroxylation sites is 1. The maximum absolute atomic E-state index is 5.46. The third-order valence-electron chi connectivity index (χ3n) is 3.63. The van der Waals surface area contributed by atoms with E-state index in [4.69, 9.17) is 17.0 Å². The summed E-state index contributed by atoms with van der Waals surface area (Å²) >= 11 is 5.46. The monoisotopic (exact) mass is 307 g/mol. The number of nitrogens with one attached hydrogen (secondary N) is 1. The van der Waals surface area contributed by atoms with E-state index in [1.54, 1.807) is 0 Å². The predicted molar refractivity (Wildman–Crippen MR) is 91.9 cm³/mol. The Morgan fingerprint density at radius 1 is 1.19 bits per heavy atom. The molecule has 0 spiro atoms. The number of rotatable bonds is 6. The summed E-state index contributed by atoms with van der Waals surface area (Å²) in [4.78, 5) is 4.67. The minimum atomic E-state index is 0.784. The lowest BCUT2D eigenvalue weighted by Gasteiger charge is -2.37. The third kappa shape index (κ3) is 5.17. The van der Waals surface area contributed by atoms with Crippen molar-refractivity contribution < 1.29 is 4.74 Å². The molecule has 0 saturated carbocycles. The number of anilines is 1. The standard InChI is InChI=1S/C16H25N3OS/c1-2-20-14-6-9-17-16(21)19-12-10-18(11-13-19)15-7-4-3-5-8-15/h3-5,7-8H,2,6,9-14H2,1H3,(H,17,21). The second kappa shape index (κ2) is 8.85. The van der Waals surface area contributed by atoms with E-state index >= 15 is 0 Å². The van der Waals surface area contributed by atoms with Crippen molar-refractivity contribution in [2.24, 2.45) is 0 Å². The van der Waals surface area contributed by atoms with Crippen LogP contribution in [-0.4, -0.2) is 55.9 Å². The van der Waals surface area contributed by atoms with Crippen LogP contribution in [0.1, 0.15) is 13.3 Å². The van der Waals surface area contributed by atoms with Crippen molar-refractivity contribution in [2.75, 3.05) is 50.8 Å². The van der Waals surface area contributed by atoms with Gasteiger partial charge in [0.2, 0.25) is 0 Å². The number of ether oxygens (including phenoxy) is 1. The normalized spacial score (nSPS) is 15.1. The van der Waals surface area contributed by atoms with Crippen molar-refractivity contribution >= 4 is 23.0 Å². The van der Waals surface area contributed by atoms with Gasteiger partial charge in [0, 0.05) is 51.6 Å². The number of piperazine rings is 1. The molecule has 1 aliphatic heterocycles. The predicted octanol–water partition coefficient (Wildman–Crippen LogP) is 2.11. The highest BCUT2D eigenvalue weighted by atomic mass is 32.1. The molecule has 0 amide bonds. The molecule has 1 saturated heterocycles. The van der Waals surface area contributed by atoms with Gasteiger partial charge >= 0.3 is 0 Å². The fourth-order valence-electron chi connectivity index (χ4n) is 2.43. The van der Waals surface area contributed by atoms with E-state index in [-0.39, 0.29) is 0 Å². The van der Waals surface area contributed by atoms with Gasteiger partial charge in [0.1, 0.15) is 0 Å². The van der Waals surface area contributed by atoms with Crippen molar-refractivity contribution in [3.05, 3.63) is 30.3 Å². The molecule has 0 unspecified atom stereocenters. The summed E-state index contributed by atoms with van der Waals surface area (Å²) in [5.74, 6) is 0. The minimum Gasteiger partial charge on any atom is -0.382 e. The summed E-state index contributed by atoms with van der Waals surface area (Å²) in [6, 6.07) is 10.6. The molecule has 5 heteroatoms. The molecule has 4 nitrogen and oxygen atoms in total. The SMILES string of the molecule is CCOCCCNC(=S)N1CCN(c2ccccc2)CC1. The minimum absolute atomic E-state index is 0.784. The van der Waals surface area contributed by atoms with Crippen LogP contribution >= 0.6 is 12.2 Å². The van der Waals surface area contributed by atoms with E-state index < -0.39 is 0 Å². The van der Waals surface area contributed by atoms with Crippen molar-refractivity contribution in [2.45, 2.75) is 13.3 Å². The Labute approximate surface area is 133 Å². The second-order valence-electron chi connectivity index (χ2n) is 5.09. The molecule has 0 bridgehead atoms. The molecule has 0 radical (unpaired) electrons. The number of hydrogen-bond donors (Lipinski definition) is 1. The van der Waals surface area contributed by atoms with E-state index in [0.717, 1.165) is 57.5 Å². The van der Waals surface area contributed by atoms with Gasteiger partial charge in [-0.1, -0.05) is 18.2 Å². The number of nitrogens with zero attached hydrogens (tertiary/aromatic N) is 2. The fourth-order valence-corrected chi connectivity index (χ4v) is 2.72. The molecule has 1 fully saturated rings. The largest absolute Gasteiger partial charge is 0.382 e. The summed E-state index contributed by atoms with van der Waals surface area (Å²) in [5.41, 5.74) is 1.30. The van der Waals surface area contributed by atoms with Crippen LogP contribution in [0.2, 0.25) is 0 Å². The lowest BCUT2D eigenvalue weighted by Crippen LogP contribution is -2.51. The summed E-state index contributed by atoms with van der Waals surface area (Å²) in [5, 5.41) is 4.20. The summed E-state index contributed by atoms with van der Waals surface area (Å²) in [6.07, 6.45) is 0.998. The molecule has 1 aromatic rings. The Bertz CT molecular complexity index is 419. The maximum Gasteiger partial charge on any atom is 0.169 e. The van der Waals surface area contributed by atoms with Crippen molar-refractivity contribution in [3.8, 4) is 0 Å². The maximum atomic E-state index is 5.46. The van der Waals surface area contributed by atoms with E-state index in [1.165, 1.54) is 5.69 Å². The zero-order chi connectivity index (χ0) is 14.9. The average molecular weight is 307 g/mol. The first kappa shape index (κ1) is 16.0. The van der Waals surface area contributed by atoms with Gasteiger partial charge in [0.15, 0.2) is 5.11 Å². The summed E-state index contributed by atoms with van der Waals surface area (Å²) in [7, 11) is 0. The molecule has 116 valence electrons. The van der Waals surface area contributed by atoms with Crippen LogP contribution in [0.5, 0.6) is 0 Å². The van der Waals surface area contributed by atoms with Gasteiger partial charge in [0.05, 0.1) is 0 Å². The van der Waals surface area contributed by atoms with Crippen LogP contribution in [0, 0.1) is 0 Å². The first-order valence-corrected chi connectivity index (χ1v) is 8.12. The Hall–Kier alpha value is -1.33. The van der Waals surface area contributed by atoms with Crippen molar-refractivity contribution in [1.29, 1.82) is 0 Å². The molecular weight excluding hydrogens is 282 g/mol. The topological polar surface area (TPSA) is 27.7 Å². The van der Waals surface area contributed by atoms with Gasteiger partial charge < -0.3 is 19.9 Å². The molecule has 1 N–H and O–H groups in total. The first-order valence-electron chi connectivity index (χ1n) is 7.71. The van der Waals surface area contributed by atoms with Gasteiger partial charge in [-0.05, 0) is 37.7 Å². The molecule has 2 rings (SSSR count). The summed E-state index contributed by atoms with van der Waals surface area (Å²) in [6.45, 7) is 8.48. The molecule has 0 aromatic heterocycles. The lowest BCUT2D eigenvalue weighted by molar-refractivity contribution is 0.145. The van der Waals surface area contributed by atoms with Gasteiger partial charge in [-0.25, -0.2) is 0 Å². The van der Waals surface area contributed by atoms with Crippen LogP contribution in [-0.2, 0) is 4.74 Å². The highest BCUT2D eigenvalue weighted by Crippen LogP contribution is 2.15. The average Bonchev–Trinajstić information content (AvgIpc) is 2.55. The fraction of sp³-hybridized carbons (Fsp3) is 0.562.